The number of hydrogen-bond donors (Lipinski definition) is 2. The third-order valence-corrected chi connectivity index (χ3v) is 3.72. The molecule has 2 rings (SSSR count). The molecule has 1 unspecified atom stereocenters. The molecule has 1 aliphatic rings. The zero-order valence-corrected chi connectivity index (χ0v) is 11.9. The van der Waals surface area contributed by atoms with Gasteiger partial charge in [-0.3, -0.25) is 9.48 Å². The lowest BCUT2D eigenvalue weighted by molar-refractivity contribution is 0.0942. The molecule has 19 heavy (non-hydrogen) atoms. The fraction of sp³-hybridized carbons (Fsp3) is 0.714. The number of nitrogens with zero attached hydrogens (tertiary/aromatic N) is 2. The van der Waals surface area contributed by atoms with Gasteiger partial charge in [0.25, 0.3) is 5.91 Å². The topological polar surface area (TPSA) is 59.0 Å². The van der Waals surface area contributed by atoms with Crippen LogP contribution in [0.15, 0.2) is 6.07 Å². The molecule has 1 fully saturated rings. The number of carbonyl (C=O) groups is 1. The summed E-state index contributed by atoms with van der Waals surface area (Å²) in [7, 11) is 1.82. The average molecular weight is 264 g/mol. The van der Waals surface area contributed by atoms with Gasteiger partial charge in [-0.1, -0.05) is 13.3 Å². The summed E-state index contributed by atoms with van der Waals surface area (Å²) >= 11 is 0. The highest BCUT2D eigenvalue weighted by molar-refractivity contribution is 5.92. The Balaban J connectivity index is 1.78. The molecule has 0 spiro atoms. The van der Waals surface area contributed by atoms with Gasteiger partial charge in [0.2, 0.25) is 0 Å². The van der Waals surface area contributed by atoms with Crippen LogP contribution in [0, 0.1) is 0 Å². The molecule has 1 atom stereocenters. The van der Waals surface area contributed by atoms with Crippen LogP contribution in [-0.2, 0) is 13.5 Å². The first kappa shape index (κ1) is 14.1. The Morgan fingerprint density at radius 1 is 1.58 bits per heavy atom. The van der Waals surface area contributed by atoms with Crippen molar-refractivity contribution in [2.24, 2.45) is 7.05 Å². The summed E-state index contributed by atoms with van der Waals surface area (Å²) in [6.45, 7) is 3.88. The van der Waals surface area contributed by atoms with Crippen LogP contribution in [0.25, 0.3) is 0 Å². The molecule has 1 aromatic rings. The summed E-state index contributed by atoms with van der Waals surface area (Å²) in [5.41, 5.74) is 1.61. The lowest BCUT2D eigenvalue weighted by Crippen LogP contribution is -2.37. The molecule has 2 heterocycles. The van der Waals surface area contributed by atoms with E-state index in [-0.39, 0.29) is 5.91 Å². The van der Waals surface area contributed by atoms with Crippen LogP contribution >= 0.6 is 0 Å². The lowest BCUT2D eigenvalue weighted by atomic mass is 10.0. The van der Waals surface area contributed by atoms with E-state index in [4.69, 9.17) is 0 Å². The molecule has 0 aliphatic carbocycles. The number of piperidine rings is 1. The zero-order valence-electron chi connectivity index (χ0n) is 11.9. The van der Waals surface area contributed by atoms with Crippen molar-refractivity contribution in [1.29, 1.82) is 0 Å². The number of amides is 1. The first-order valence-electron chi connectivity index (χ1n) is 7.25. The van der Waals surface area contributed by atoms with E-state index in [1.165, 1.54) is 19.3 Å². The highest BCUT2D eigenvalue weighted by atomic mass is 16.2. The van der Waals surface area contributed by atoms with Gasteiger partial charge >= 0.3 is 0 Å². The Labute approximate surface area is 114 Å². The van der Waals surface area contributed by atoms with E-state index in [9.17, 15) is 4.79 Å². The maximum Gasteiger partial charge on any atom is 0.269 e. The molecule has 2 N–H and O–H groups in total. The van der Waals surface area contributed by atoms with Crippen molar-refractivity contribution in [3.05, 3.63) is 17.5 Å². The Hall–Kier alpha value is -1.36. The molecule has 0 radical (unpaired) electrons. The van der Waals surface area contributed by atoms with Crippen LogP contribution in [0.3, 0.4) is 0 Å². The van der Waals surface area contributed by atoms with E-state index in [1.54, 1.807) is 4.68 Å². The minimum Gasteiger partial charge on any atom is -0.351 e. The molecule has 1 amide bonds. The van der Waals surface area contributed by atoms with Crippen molar-refractivity contribution < 1.29 is 4.79 Å². The van der Waals surface area contributed by atoms with Gasteiger partial charge in [-0.2, -0.15) is 5.10 Å². The van der Waals surface area contributed by atoms with Crippen molar-refractivity contribution in [1.82, 2.24) is 20.4 Å². The van der Waals surface area contributed by atoms with Gasteiger partial charge < -0.3 is 10.6 Å². The second-order valence-corrected chi connectivity index (χ2v) is 5.19. The van der Waals surface area contributed by atoms with Crippen LogP contribution in [-0.4, -0.2) is 34.8 Å². The second-order valence-electron chi connectivity index (χ2n) is 5.19. The number of carbonyl (C=O) groups excluding carboxylic acids is 1. The van der Waals surface area contributed by atoms with Crippen LogP contribution in [0.1, 0.15) is 48.8 Å². The molecule has 5 nitrogen and oxygen atoms in total. The third-order valence-electron chi connectivity index (χ3n) is 3.72. The van der Waals surface area contributed by atoms with Gasteiger partial charge in [0.05, 0.1) is 5.69 Å². The molecule has 1 saturated heterocycles. The third kappa shape index (κ3) is 3.80. The molecular formula is C14H24N4O. The van der Waals surface area contributed by atoms with Gasteiger partial charge in [0.1, 0.15) is 5.69 Å². The molecular weight excluding hydrogens is 240 g/mol. The molecule has 0 saturated carbocycles. The first-order chi connectivity index (χ1) is 9.20. The van der Waals surface area contributed by atoms with Gasteiger partial charge in [0, 0.05) is 19.6 Å². The van der Waals surface area contributed by atoms with Crippen molar-refractivity contribution in [2.75, 3.05) is 13.1 Å². The number of nitrogens with one attached hydrogen (secondary N) is 2. The van der Waals surface area contributed by atoms with Crippen LogP contribution < -0.4 is 10.6 Å². The standard InChI is InChI=1S/C14H24N4O/c1-3-11-10-13(18(2)17-11)14(19)16-9-7-12-6-4-5-8-15-12/h10,12,15H,3-9H2,1-2H3,(H,16,19). The number of aromatic nitrogens is 2. The van der Waals surface area contributed by atoms with E-state index in [1.807, 2.05) is 20.0 Å². The zero-order chi connectivity index (χ0) is 13.7. The SMILES string of the molecule is CCc1cc(C(=O)NCCC2CCCCN2)n(C)n1. The molecule has 1 aliphatic heterocycles. The monoisotopic (exact) mass is 264 g/mol. The molecule has 0 bridgehead atoms. The van der Waals surface area contributed by atoms with E-state index in [2.05, 4.69) is 15.7 Å². The summed E-state index contributed by atoms with van der Waals surface area (Å²) < 4.78 is 1.66. The van der Waals surface area contributed by atoms with Gasteiger partial charge in [-0.15, -0.1) is 0 Å². The Kier molecular flexibility index (Phi) is 4.96. The summed E-state index contributed by atoms with van der Waals surface area (Å²) in [6, 6.07) is 2.43. The van der Waals surface area contributed by atoms with Crippen LogP contribution in [0.2, 0.25) is 0 Å². The van der Waals surface area contributed by atoms with E-state index >= 15 is 0 Å². The molecule has 1 aromatic heterocycles. The smallest absolute Gasteiger partial charge is 0.269 e. The number of hydrogen-bond acceptors (Lipinski definition) is 3. The summed E-state index contributed by atoms with van der Waals surface area (Å²) in [6.07, 6.45) is 5.66. The van der Waals surface area contributed by atoms with E-state index in [0.717, 1.165) is 31.6 Å². The molecule has 0 aromatic carbocycles. The Morgan fingerprint density at radius 3 is 3.05 bits per heavy atom. The van der Waals surface area contributed by atoms with Crippen molar-refractivity contribution in [3.63, 3.8) is 0 Å². The predicted molar refractivity (Wildman–Crippen MR) is 75.2 cm³/mol. The highest BCUT2D eigenvalue weighted by Gasteiger charge is 2.15. The number of rotatable bonds is 5. The number of aryl methyl sites for hydroxylation is 2. The maximum atomic E-state index is 12.0. The Bertz CT molecular complexity index is 421. The predicted octanol–water partition coefficient (Wildman–Crippen LogP) is 1.24. The minimum atomic E-state index is -0.0227. The van der Waals surface area contributed by atoms with E-state index < -0.39 is 0 Å². The highest BCUT2D eigenvalue weighted by Crippen LogP contribution is 2.09. The summed E-state index contributed by atoms with van der Waals surface area (Å²) in [5.74, 6) is -0.0227. The van der Waals surface area contributed by atoms with Crippen LogP contribution in [0.4, 0.5) is 0 Å². The maximum absolute atomic E-state index is 12.0. The molecule has 106 valence electrons. The minimum absolute atomic E-state index is 0.0227. The summed E-state index contributed by atoms with van der Waals surface area (Å²) in [5, 5.41) is 10.8. The van der Waals surface area contributed by atoms with Crippen molar-refractivity contribution >= 4 is 5.91 Å². The summed E-state index contributed by atoms with van der Waals surface area (Å²) in [4.78, 5) is 12.0. The largest absolute Gasteiger partial charge is 0.351 e. The fourth-order valence-electron chi connectivity index (χ4n) is 2.53. The van der Waals surface area contributed by atoms with Crippen molar-refractivity contribution in [3.8, 4) is 0 Å². The molecule has 5 heteroatoms. The van der Waals surface area contributed by atoms with Gasteiger partial charge in [-0.05, 0) is 38.3 Å². The van der Waals surface area contributed by atoms with Crippen LogP contribution in [0.5, 0.6) is 0 Å². The average Bonchev–Trinajstić information content (AvgIpc) is 2.81. The first-order valence-corrected chi connectivity index (χ1v) is 7.25. The van der Waals surface area contributed by atoms with Gasteiger partial charge in [0.15, 0.2) is 0 Å². The fourth-order valence-corrected chi connectivity index (χ4v) is 2.53. The Morgan fingerprint density at radius 2 is 2.42 bits per heavy atom. The van der Waals surface area contributed by atoms with Gasteiger partial charge in [-0.25, -0.2) is 0 Å². The van der Waals surface area contributed by atoms with E-state index in [0.29, 0.717) is 11.7 Å². The van der Waals surface area contributed by atoms with Crippen molar-refractivity contribution in [2.45, 2.75) is 45.1 Å². The quantitative estimate of drug-likeness (QED) is 0.841. The normalized spacial score (nSPS) is 19.4. The second kappa shape index (κ2) is 6.70. The lowest BCUT2D eigenvalue weighted by Gasteiger charge is -2.23.